The molecule has 4 rings (SSSR count). The summed E-state index contributed by atoms with van der Waals surface area (Å²) < 4.78 is 12.8. The number of nitrogens with zero attached hydrogens (tertiary/aromatic N) is 3. The molecular weight excluding hydrogens is 562 g/mol. The maximum Gasteiger partial charge on any atom is 0.313 e. The van der Waals surface area contributed by atoms with Crippen LogP contribution in [-0.4, -0.2) is 100 Å². The van der Waals surface area contributed by atoms with Gasteiger partial charge in [0.25, 0.3) is 0 Å². The number of hydrogen-bond acceptors (Lipinski definition) is 7. The molecular formula is C34H47N3O7. The van der Waals surface area contributed by atoms with E-state index in [-0.39, 0.29) is 43.3 Å². The Morgan fingerprint density at radius 2 is 1.89 bits per heavy atom. The monoisotopic (exact) mass is 609 g/mol. The van der Waals surface area contributed by atoms with E-state index >= 15 is 0 Å². The van der Waals surface area contributed by atoms with Crippen LogP contribution in [-0.2, 0) is 28.7 Å². The van der Waals surface area contributed by atoms with Crippen LogP contribution in [0.25, 0.3) is 0 Å². The molecule has 1 aromatic carbocycles. The number of aliphatic hydroxyl groups excluding tert-OH is 1. The number of ether oxygens (including phenoxy) is 2. The molecule has 0 aromatic heterocycles. The van der Waals surface area contributed by atoms with Gasteiger partial charge in [0, 0.05) is 39.2 Å². The van der Waals surface area contributed by atoms with E-state index in [1.807, 2.05) is 51.1 Å². The van der Waals surface area contributed by atoms with Gasteiger partial charge in [-0.25, -0.2) is 0 Å². The van der Waals surface area contributed by atoms with Gasteiger partial charge in [-0.2, -0.15) is 0 Å². The summed E-state index contributed by atoms with van der Waals surface area (Å²) in [5, 5.41) is 9.60. The van der Waals surface area contributed by atoms with E-state index in [0.717, 1.165) is 5.56 Å². The van der Waals surface area contributed by atoms with Crippen molar-refractivity contribution in [2.24, 2.45) is 11.8 Å². The summed E-state index contributed by atoms with van der Waals surface area (Å²) in [6.45, 7) is 13.5. The number of rotatable bonds is 15. The van der Waals surface area contributed by atoms with E-state index in [0.29, 0.717) is 32.2 Å². The highest BCUT2D eigenvalue weighted by atomic mass is 16.6. The lowest BCUT2D eigenvalue weighted by Crippen LogP contribution is -2.57. The van der Waals surface area contributed by atoms with Crippen LogP contribution in [0.1, 0.15) is 64.5 Å². The SMILES string of the molecule is C=CCCC(=O)N(C)[C@@H](C)[C@@H](OC(=O)[C@@H]1[C@@H]2CC[C@]3(O2)[C@H](C(=O)N(CC=C)C(C)C)N(CCCO)C(=O)[C@@H]13)c1ccccc1. The van der Waals surface area contributed by atoms with Crippen molar-refractivity contribution in [3.63, 3.8) is 0 Å². The first-order chi connectivity index (χ1) is 21.0. The summed E-state index contributed by atoms with van der Waals surface area (Å²) in [7, 11) is 1.69. The Morgan fingerprint density at radius 3 is 2.50 bits per heavy atom. The minimum Gasteiger partial charge on any atom is -0.455 e. The molecule has 10 heteroatoms. The first-order valence-electron chi connectivity index (χ1n) is 15.7. The molecule has 0 unspecified atom stereocenters. The number of likely N-dealkylation sites (tertiary alicyclic amines) is 1. The summed E-state index contributed by atoms with van der Waals surface area (Å²) >= 11 is 0. The number of hydrogen-bond donors (Lipinski definition) is 1. The topological polar surface area (TPSA) is 117 Å². The highest BCUT2D eigenvalue weighted by molar-refractivity contribution is 5.98. The zero-order chi connectivity index (χ0) is 32.2. The second kappa shape index (κ2) is 14.1. The third kappa shape index (κ3) is 6.06. The van der Waals surface area contributed by atoms with Crippen molar-refractivity contribution in [2.75, 3.05) is 26.7 Å². The predicted molar refractivity (Wildman–Crippen MR) is 165 cm³/mol. The second-order valence-corrected chi connectivity index (χ2v) is 12.4. The number of amides is 3. The van der Waals surface area contributed by atoms with Crippen molar-refractivity contribution in [2.45, 2.75) is 88.8 Å². The minimum atomic E-state index is -1.17. The number of carbonyl (C=O) groups excluding carboxylic acids is 4. The fraction of sp³-hybridized carbons (Fsp3) is 0.588. The van der Waals surface area contributed by atoms with Crippen molar-refractivity contribution in [3.8, 4) is 0 Å². The maximum absolute atomic E-state index is 14.2. The summed E-state index contributed by atoms with van der Waals surface area (Å²) in [6.07, 6.45) is 4.06. The third-order valence-electron chi connectivity index (χ3n) is 9.47. The van der Waals surface area contributed by atoms with Gasteiger partial charge in [-0.05, 0) is 52.0 Å². The van der Waals surface area contributed by atoms with Crippen LogP contribution in [0.3, 0.4) is 0 Å². The van der Waals surface area contributed by atoms with Gasteiger partial charge in [-0.15, -0.1) is 13.2 Å². The molecule has 3 saturated heterocycles. The van der Waals surface area contributed by atoms with Crippen molar-refractivity contribution in [1.29, 1.82) is 0 Å². The molecule has 3 aliphatic rings. The van der Waals surface area contributed by atoms with Gasteiger partial charge < -0.3 is 29.3 Å². The normalized spacial score (nSPS) is 26.7. The molecule has 7 atom stereocenters. The fourth-order valence-corrected chi connectivity index (χ4v) is 7.16. The predicted octanol–water partition coefficient (Wildman–Crippen LogP) is 3.26. The standard InChI is InChI=1S/C34H47N3O7/c1-7-9-16-26(39)35(6)23(5)29(24-14-11-10-12-15-24)43-33(42)27-25-17-18-34(44-25)28(27)31(40)37(20-13-21-38)30(34)32(41)36(19-8-2)22(3)4/h7-8,10-12,14-15,22-23,25,27-30,38H,1-2,9,13,16-21H2,3-6H3/t23-,25-,27+,28+,29+,30-,34+/m0/s1. The average molecular weight is 610 g/mol. The highest BCUT2D eigenvalue weighted by Gasteiger charge is 2.75. The molecule has 2 bridgehead atoms. The second-order valence-electron chi connectivity index (χ2n) is 12.4. The number of allylic oxidation sites excluding steroid dienone is 1. The Hall–Kier alpha value is -3.50. The van der Waals surface area contributed by atoms with Crippen molar-refractivity contribution in [1.82, 2.24) is 14.7 Å². The fourth-order valence-electron chi connectivity index (χ4n) is 7.16. The molecule has 3 aliphatic heterocycles. The Kier molecular flexibility index (Phi) is 10.7. The van der Waals surface area contributed by atoms with E-state index in [2.05, 4.69) is 13.2 Å². The Bertz CT molecular complexity index is 1240. The van der Waals surface area contributed by atoms with Gasteiger partial charge >= 0.3 is 5.97 Å². The number of carbonyl (C=O) groups is 4. The number of benzene rings is 1. The quantitative estimate of drug-likeness (QED) is 0.240. The van der Waals surface area contributed by atoms with Crippen LogP contribution < -0.4 is 0 Å². The van der Waals surface area contributed by atoms with Gasteiger partial charge in [0.2, 0.25) is 17.7 Å². The van der Waals surface area contributed by atoms with Crippen LogP contribution in [0.15, 0.2) is 55.6 Å². The van der Waals surface area contributed by atoms with E-state index in [1.54, 1.807) is 29.0 Å². The van der Waals surface area contributed by atoms with Crippen LogP contribution in [0, 0.1) is 11.8 Å². The van der Waals surface area contributed by atoms with Gasteiger partial charge in [0.15, 0.2) is 0 Å². The molecule has 0 aliphatic carbocycles. The molecule has 1 N–H and O–H groups in total. The lowest BCUT2D eigenvalue weighted by molar-refractivity contribution is -0.164. The van der Waals surface area contributed by atoms with Gasteiger partial charge in [0.05, 0.1) is 24.0 Å². The van der Waals surface area contributed by atoms with E-state index in [9.17, 15) is 24.3 Å². The van der Waals surface area contributed by atoms with Gasteiger partial charge in [-0.3, -0.25) is 19.2 Å². The Labute approximate surface area is 260 Å². The van der Waals surface area contributed by atoms with E-state index in [1.165, 1.54) is 4.90 Å². The summed E-state index contributed by atoms with van der Waals surface area (Å²) in [6, 6.07) is 7.68. The lowest BCUT2D eigenvalue weighted by Gasteiger charge is -2.38. The third-order valence-corrected chi connectivity index (χ3v) is 9.47. The molecule has 3 heterocycles. The Morgan fingerprint density at radius 1 is 1.18 bits per heavy atom. The zero-order valence-corrected chi connectivity index (χ0v) is 26.4. The average Bonchev–Trinajstić information content (AvgIpc) is 3.66. The summed E-state index contributed by atoms with van der Waals surface area (Å²) in [5.74, 6) is -3.05. The molecule has 3 amide bonds. The smallest absolute Gasteiger partial charge is 0.313 e. The summed E-state index contributed by atoms with van der Waals surface area (Å²) in [4.78, 5) is 60.1. The maximum atomic E-state index is 14.2. The lowest BCUT2D eigenvalue weighted by atomic mass is 9.70. The van der Waals surface area contributed by atoms with Gasteiger partial charge in [-0.1, -0.05) is 42.5 Å². The van der Waals surface area contributed by atoms with E-state index < -0.39 is 47.7 Å². The van der Waals surface area contributed by atoms with Crippen molar-refractivity contribution < 1.29 is 33.8 Å². The minimum absolute atomic E-state index is 0.0994. The molecule has 0 saturated carbocycles. The van der Waals surface area contributed by atoms with Crippen molar-refractivity contribution in [3.05, 3.63) is 61.2 Å². The largest absolute Gasteiger partial charge is 0.455 e. The van der Waals surface area contributed by atoms with Crippen molar-refractivity contribution >= 4 is 23.7 Å². The first-order valence-corrected chi connectivity index (χ1v) is 15.7. The number of aliphatic hydroxyl groups is 1. The molecule has 3 fully saturated rings. The van der Waals surface area contributed by atoms with Crippen LogP contribution in [0.5, 0.6) is 0 Å². The highest BCUT2D eigenvalue weighted by Crippen LogP contribution is 2.59. The molecule has 1 aromatic rings. The summed E-state index contributed by atoms with van der Waals surface area (Å²) in [5.41, 5.74) is -0.444. The van der Waals surface area contributed by atoms with Crippen LogP contribution >= 0.6 is 0 Å². The van der Waals surface area contributed by atoms with E-state index in [4.69, 9.17) is 9.47 Å². The van der Waals surface area contributed by atoms with Crippen LogP contribution in [0.4, 0.5) is 0 Å². The number of fused-ring (bicyclic) bond motifs is 1. The first kappa shape index (κ1) is 33.4. The number of esters is 1. The van der Waals surface area contributed by atoms with Crippen LogP contribution in [0.2, 0.25) is 0 Å². The zero-order valence-electron chi connectivity index (χ0n) is 26.4. The molecule has 10 nitrogen and oxygen atoms in total. The van der Waals surface area contributed by atoms with Gasteiger partial charge in [0.1, 0.15) is 17.7 Å². The molecule has 44 heavy (non-hydrogen) atoms. The number of likely N-dealkylation sites (N-methyl/N-ethyl adjacent to an activating group) is 1. The Balaban J connectivity index is 1.67. The molecule has 240 valence electrons. The molecule has 0 radical (unpaired) electrons. The molecule has 1 spiro atoms.